The SMILES string of the molecule is COC(=O)c1ccccc1OS(=O)(=O)c1ccc(OC(C)C)c(C)c1. The summed E-state index contributed by atoms with van der Waals surface area (Å²) < 4.78 is 40.5. The molecule has 6 nitrogen and oxygen atoms in total. The Morgan fingerprint density at radius 3 is 2.32 bits per heavy atom. The number of hydrogen-bond donors (Lipinski definition) is 0. The van der Waals surface area contributed by atoms with Crippen LogP contribution < -0.4 is 8.92 Å². The molecule has 0 spiro atoms. The maximum atomic E-state index is 12.5. The molecule has 0 saturated heterocycles. The van der Waals surface area contributed by atoms with Crippen LogP contribution in [0, 0.1) is 6.92 Å². The van der Waals surface area contributed by atoms with Crippen molar-refractivity contribution in [3.63, 3.8) is 0 Å². The molecule has 134 valence electrons. The summed E-state index contributed by atoms with van der Waals surface area (Å²) in [5, 5.41) is 0. The molecular formula is C18H20O6S. The number of carbonyl (C=O) groups excluding carboxylic acids is 1. The number of aryl methyl sites for hydroxylation is 1. The smallest absolute Gasteiger partial charge is 0.341 e. The molecule has 0 atom stereocenters. The van der Waals surface area contributed by atoms with Crippen molar-refractivity contribution in [3.05, 3.63) is 53.6 Å². The number of rotatable bonds is 6. The maximum absolute atomic E-state index is 12.5. The standard InChI is InChI=1S/C18H20O6S/c1-12(2)23-16-10-9-14(11-13(16)3)25(20,21)24-17-8-6-5-7-15(17)18(19)22-4/h5-12H,1-4H3. The molecule has 0 aliphatic heterocycles. The number of esters is 1. The van der Waals surface area contributed by atoms with Gasteiger partial charge in [-0.05, 0) is 56.7 Å². The van der Waals surface area contributed by atoms with E-state index in [9.17, 15) is 13.2 Å². The number of para-hydroxylation sites is 1. The van der Waals surface area contributed by atoms with Gasteiger partial charge >= 0.3 is 16.1 Å². The lowest BCUT2D eigenvalue weighted by Gasteiger charge is -2.14. The highest BCUT2D eigenvalue weighted by Gasteiger charge is 2.22. The Balaban J connectivity index is 2.35. The second-order valence-electron chi connectivity index (χ2n) is 5.62. The van der Waals surface area contributed by atoms with Crippen LogP contribution in [-0.4, -0.2) is 27.6 Å². The summed E-state index contributed by atoms with van der Waals surface area (Å²) in [6.45, 7) is 5.52. The second-order valence-corrected chi connectivity index (χ2v) is 7.17. The van der Waals surface area contributed by atoms with E-state index in [1.54, 1.807) is 25.1 Å². The van der Waals surface area contributed by atoms with E-state index in [1.807, 2.05) is 13.8 Å². The number of hydrogen-bond acceptors (Lipinski definition) is 6. The second kappa shape index (κ2) is 7.57. The first-order valence-corrected chi connectivity index (χ1v) is 9.04. The van der Waals surface area contributed by atoms with Crippen LogP contribution in [0.3, 0.4) is 0 Å². The minimum atomic E-state index is -4.11. The zero-order valence-electron chi connectivity index (χ0n) is 14.5. The highest BCUT2D eigenvalue weighted by Crippen LogP contribution is 2.27. The highest BCUT2D eigenvalue weighted by molar-refractivity contribution is 7.87. The van der Waals surface area contributed by atoms with Gasteiger partial charge in [0.1, 0.15) is 16.2 Å². The van der Waals surface area contributed by atoms with Gasteiger partial charge in [-0.3, -0.25) is 0 Å². The van der Waals surface area contributed by atoms with Gasteiger partial charge in [-0.2, -0.15) is 8.42 Å². The van der Waals surface area contributed by atoms with Gasteiger partial charge in [-0.15, -0.1) is 0 Å². The minimum Gasteiger partial charge on any atom is -0.491 e. The van der Waals surface area contributed by atoms with Crippen LogP contribution >= 0.6 is 0 Å². The summed E-state index contributed by atoms with van der Waals surface area (Å²) in [5.74, 6) is -0.166. The Bertz CT molecular complexity index is 871. The predicted molar refractivity (Wildman–Crippen MR) is 92.5 cm³/mol. The largest absolute Gasteiger partial charge is 0.491 e. The number of carbonyl (C=O) groups is 1. The first-order chi connectivity index (χ1) is 11.7. The van der Waals surface area contributed by atoms with Crippen LogP contribution in [0.4, 0.5) is 0 Å². The van der Waals surface area contributed by atoms with Gasteiger partial charge in [0.15, 0.2) is 5.75 Å². The molecule has 0 aliphatic rings. The van der Waals surface area contributed by atoms with Crippen molar-refractivity contribution in [3.8, 4) is 11.5 Å². The number of ether oxygens (including phenoxy) is 2. The van der Waals surface area contributed by atoms with Crippen LogP contribution in [-0.2, 0) is 14.9 Å². The molecule has 0 aliphatic carbocycles. The molecule has 0 saturated carbocycles. The van der Waals surface area contributed by atoms with E-state index in [1.165, 1.54) is 31.4 Å². The Kier molecular flexibility index (Phi) is 5.69. The molecule has 0 N–H and O–H groups in total. The van der Waals surface area contributed by atoms with Crippen molar-refractivity contribution < 1.29 is 26.9 Å². The number of benzene rings is 2. The van der Waals surface area contributed by atoms with E-state index in [0.29, 0.717) is 11.3 Å². The fourth-order valence-corrected chi connectivity index (χ4v) is 3.18. The van der Waals surface area contributed by atoms with Crippen molar-refractivity contribution in [1.82, 2.24) is 0 Å². The van der Waals surface area contributed by atoms with Crippen LogP contribution in [0.5, 0.6) is 11.5 Å². The fourth-order valence-electron chi connectivity index (χ4n) is 2.15. The van der Waals surface area contributed by atoms with Gasteiger partial charge in [0.2, 0.25) is 0 Å². The van der Waals surface area contributed by atoms with Crippen LogP contribution in [0.2, 0.25) is 0 Å². The molecule has 0 amide bonds. The normalized spacial score (nSPS) is 11.2. The van der Waals surface area contributed by atoms with Crippen LogP contribution in [0.1, 0.15) is 29.8 Å². The monoisotopic (exact) mass is 364 g/mol. The Morgan fingerprint density at radius 2 is 1.72 bits per heavy atom. The third kappa shape index (κ3) is 4.51. The van der Waals surface area contributed by atoms with Crippen molar-refractivity contribution in [2.45, 2.75) is 31.8 Å². The fraction of sp³-hybridized carbons (Fsp3) is 0.278. The van der Waals surface area contributed by atoms with Gasteiger partial charge in [0.25, 0.3) is 0 Å². The predicted octanol–water partition coefficient (Wildman–Crippen LogP) is 3.34. The lowest BCUT2D eigenvalue weighted by atomic mass is 10.2. The Morgan fingerprint density at radius 1 is 1.04 bits per heavy atom. The van der Waals surface area contributed by atoms with Crippen molar-refractivity contribution in [1.29, 1.82) is 0 Å². The van der Waals surface area contributed by atoms with E-state index in [2.05, 4.69) is 4.74 Å². The third-order valence-corrected chi connectivity index (χ3v) is 4.52. The van der Waals surface area contributed by atoms with E-state index in [-0.39, 0.29) is 22.3 Å². The minimum absolute atomic E-state index is 0.0238. The van der Waals surface area contributed by atoms with Crippen molar-refractivity contribution in [2.24, 2.45) is 0 Å². The molecular weight excluding hydrogens is 344 g/mol. The summed E-state index contributed by atoms with van der Waals surface area (Å²) >= 11 is 0. The van der Waals surface area contributed by atoms with E-state index in [4.69, 9.17) is 8.92 Å². The van der Waals surface area contributed by atoms with Crippen molar-refractivity contribution >= 4 is 16.1 Å². The van der Waals surface area contributed by atoms with Gasteiger partial charge in [-0.1, -0.05) is 12.1 Å². The summed E-state index contributed by atoms with van der Waals surface area (Å²) in [5.41, 5.74) is 0.699. The summed E-state index contributed by atoms with van der Waals surface area (Å²) in [6.07, 6.45) is -0.0238. The zero-order chi connectivity index (χ0) is 18.6. The Labute approximate surface area is 147 Å². The average molecular weight is 364 g/mol. The third-order valence-electron chi connectivity index (χ3n) is 3.29. The molecule has 2 aromatic rings. The topological polar surface area (TPSA) is 78.9 Å². The molecule has 0 aromatic heterocycles. The van der Waals surface area contributed by atoms with Gasteiger partial charge < -0.3 is 13.7 Å². The molecule has 0 fully saturated rings. The van der Waals surface area contributed by atoms with Gasteiger partial charge in [0.05, 0.1) is 13.2 Å². The molecule has 25 heavy (non-hydrogen) atoms. The number of methoxy groups -OCH3 is 1. The van der Waals surface area contributed by atoms with Gasteiger partial charge in [-0.25, -0.2) is 4.79 Å². The lowest BCUT2D eigenvalue weighted by Crippen LogP contribution is -2.13. The Hall–Kier alpha value is -2.54. The van der Waals surface area contributed by atoms with Crippen molar-refractivity contribution in [2.75, 3.05) is 7.11 Å². The first kappa shape index (κ1) is 18.8. The van der Waals surface area contributed by atoms with E-state index < -0.39 is 16.1 Å². The summed E-state index contributed by atoms with van der Waals surface area (Å²) in [4.78, 5) is 11.7. The van der Waals surface area contributed by atoms with Crippen LogP contribution in [0.25, 0.3) is 0 Å². The summed E-state index contributed by atoms with van der Waals surface area (Å²) in [6, 6.07) is 10.4. The lowest BCUT2D eigenvalue weighted by molar-refractivity contribution is 0.0599. The van der Waals surface area contributed by atoms with Gasteiger partial charge in [0, 0.05) is 0 Å². The zero-order valence-corrected chi connectivity index (χ0v) is 15.3. The molecule has 2 aromatic carbocycles. The van der Waals surface area contributed by atoms with E-state index >= 15 is 0 Å². The summed E-state index contributed by atoms with van der Waals surface area (Å²) in [7, 11) is -2.90. The molecule has 0 heterocycles. The highest BCUT2D eigenvalue weighted by atomic mass is 32.2. The molecule has 0 radical (unpaired) electrons. The maximum Gasteiger partial charge on any atom is 0.341 e. The molecule has 0 unspecified atom stereocenters. The molecule has 7 heteroatoms. The van der Waals surface area contributed by atoms with Crippen LogP contribution in [0.15, 0.2) is 47.4 Å². The first-order valence-electron chi connectivity index (χ1n) is 7.63. The molecule has 0 bridgehead atoms. The van der Waals surface area contributed by atoms with E-state index in [0.717, 1.165) is 0 Å². The molecule has 2 rings (SSSR count). The quantitative estimate of drug-likeness (QED) is 0.578. The average Bonchev–Trinajstić information content (AvgIpc) is 2.55.